The molecule has 2 aromatic carbocycles. The Morgan fingerprint density at radius 1 is 0.979 bits per heavy atom. The number of alkyl halides is 6. The second-order valence-electron chi connectivity index (χ2n) is 10.9. The average molecular weight is 704 g/mol. The molecule has 3 N–H and O–H groups in total. The molecule has 4 atom stereocenters. The van der Waals surface area contributed by atoms with E-state index in [4.69, 9.17) is 14.0 Å². The normalized spacial score (nSPS) is 17.3. The number of ether oxygens (including phenoxy) is 2. The summed E-state index contributed by atoms with van der Waals surface area (Å²) in [6.07, 6.45) is -9.49. The maximum absolute atomic E-state index is 13.3. The van der Waals surface area contributed by atoms with Crippen LogP contribution < -0.4 is 15.8 Å². The van der Waals surface area contributed by atoms with Crippen molar-refractivity contribution in [3.63, 3.8) is 0 Å². The fourth-order valence-electron chi connectivity index (χ4n) is 4.35. The fraction of sp³-hybridized carbons (Fsp3) is 0.448. The highest BCUT2D eigenvalue weighted by Crippen LogP contribution is 2.38. The number of allylic oxidation sites excluding steroid dienone is 1. The van der Waals surface area contributed by atoms with Gasteiger partial charge >= 0.3 is 40.2 Å². The summed E-state index contributed by atoms with van der Waals surface area (Å²) in [5.41, 5.74) is -3.37. The van der Waals surface area contributed by atoms with Crippen molar-refractivity contribution in [2.45, 2.75) is 43.6 Å². The summed E-state index contributed by atoms with van der Waals surface area (Å²) in [5.74, 6) is -1.53. The lowest BCUT2D eigenvalue weighted by Gasteiger charge is -2.33. The van der Waals surface area contributed by atoms with E-state index in [0.717, 1.165) is 0 Å². The molecular weight excluding hydrogens is 669 g/mol. The topological polar surface area (TPSA) is 131 Å². The first kappa shape index (κ1) is 39.2. The SMILES string of the molecule is CN[C@](/C=C(\NB1CO1)C(C)=O)(CO[C@H](C)c1cc(C(F)(F)F)cc(C(F)(F)F)c1)c1ccccc1.COC(=O)C(NB1CO1)[P+](C)=O. The molecule has 4 rings (SSSR count). The number of ketones is 1. The number of benzene rings is 2. The third-order valence-electron chi connectivity index (χ3n) is 7.26. The van der Waals surface area contributed by atoms with Crippen molar-refractivity contribution in [2.24, 2.45) is 0 Å². The molecule has 2 saturated heterocycles. The predicted octanol–water partition coefficient (Wildman–Crippen LogP) is 4.63. The van der Waals surface area contributed by atoms with Crippen molar-refractivity contribution in [1.82, 2.24) is 15.8 Å². The molecule has 0 aliphatic carbocycles. The molecule has 0 saturated carbocycles. The molecule has 260 valence electrons. The van der Waals surface area contributed by atoms with Crippen molar-refractivity contribution in [2.75, 3.05) is 40.4 Å². The molecule has 2 unspecified atom stereocenters. The van der Waals surface area contributed by atoms with Crippen LogP contribution in [0.1, 0.15) is 42.2 Å². The standard InChI is InChI=1S/C24H25BF6N2O3.C5H10BNO4P/c1-15(34)21(33-25-14-36-25)12-22(32-3,18-7-5-4-6-8-18)13-35-16(2)17-9-19(23(26,27)28)11-20(10-17)24(29,30)31;1-10-5(8)4(12(2)9)7-6-3-11-6/h4-12,16,32-33H,13-14H2,1-3H3;4,7H,3H2,1-2H3/q;+1/b21-12-;/t16-,22-;/m1./s1. The number of likely N-dealkylation sites (N-methyl/N-ethyl adjacent to an activating group) is 1. The number of carbonyl (C=O) groups excluding carboxylic acids is 2. The van der Waals surface area contributed by atoms with Crippen LogP contribution in [0.4, 0.5) is 26.3 Å². The number of halogens is 6. The van der Waals surface area contributed by atoms with Crippen LogP contribution in [0.5, 0.6) is 0 Å². The van der Waals surface area contributed by atoms with E-state index < -0.39 is 54.7 Å². The summed E-state index contributed by atoms with van der Waals surface area (Å²) in [6, 6.07) is 10.2. The summed E-state index contributed by atoms with van der Waals surface area (Å²) in [5, 5.41) is 8.82. The predicted molar refractivity (Wildman–Crippen MR) is 166 cm³/mol. The van der Waals surface area contributed by atoms with E-state index in [2.05, 4.69) is 20.5 Å². The first-order chi connectivity index (χ1) is 22.4. The quantitative estimate of drug-likeness (QED) is 0.0640. The highest BCUT2D eigenvalue weighted by atomic mass is 31.1. The van der Waals surface area contributed by atoms with Gasteiger partial charge in [-0.05, 0) is 49.4 Å². The summed E-state index contributed by atoms with van der Waals surface area (Å²) >= 11 is 0. The Labute approximate surface area is 275 Å². The molecular formula is C29H35B2F6N3O7P+. The molecule has 2 aromatic rings. The summed E-state index contributed by atoms with van der Waals surface area (Å²) in [7, 11) is 0.802. The number of hydrogen-bond acceptors (Lipinski definition) is 10. The number of esters is 1. The van der Waals surface area contributed by atoms with Crippen molar-refractivity contribution < 1.29 is 59.3 Å². The molecule has 2 fully saturated rings. The third kappa shape index (κ3) is 11.4. The molecule has 48 heavy (non-hydrogen) atoms. The lowest BCUT2D eigenvalue weighted by Crippen LogP contribution is -2.44. The fourth-order valence-corrected chi connectivity index (χ4v) is 5.13. The zero-order valence-electron chi connectivity index (χ0n) is 26.7. The van der Waals surface area contributed by atoms with Crippen LogP contribution in [0.15, 0.2) is 60.3 Å². The van der Waals surface area contributed by atoms with Gasteiger partial charge in [-0.25, -0.2) is 4.79 Å². The van der Waals surface area contributed by atoms with Gasteiger partial charge in [0.25, 0.3) is 5.78 Å². The van der Waals surface area contributed by atoms with E-state index in [1.54, 1.807) is 43.5 Å². The Kier molecular flexibility index (Phi) is 13.4. The van der Waals surface area contributed by atoms with E-state index in [1.165, 1.54) is 27.6 Å². The number of carbonyl (C=O) groups is 2. The lowest BCUT2D eigenvalue weighted by atomic mass is 9.87. The molecule has 2 aliphatic heterocycles. The van der Waals surface area contributed by atoms with E-state index >= 15 is 0 Å². The second-order valence-corrected chi connectivity index (χ2v) is 12.5. The van der Waals surface area contributed by atoms with Crippen molar-refractivity contribution >= 4 is 33.7 Å². The number of Topliss-reactive ketones (excluding diaryl/α,β-unsaturated/α-hetero) is 1. The average Bonchev–Trinajstić information content (AvgIpc) is 3.97. The molecule has 19 heteroatoms. The maximum Gasteiger partial charge on any atom is 0.438 e. The minimum absolute atomic E-state index is 0.0750. The van der Waals surface area contributed by atoms with Gasteiger partial charge in [0.05, 0.1) is 55.2 Å². The van der Waals surface area contributed by atoms with Gasteiger partial charge in [-0.2, -0.15) is 26.3 Å². The van der Waals surface area contributed by atoms with Gasteiger partial charge in [-0.15, -0.1) is 0 Å². The van der Waals surface area contributed by atoms with Gasteiger partial charge < -0.3 is 29.3 Å². The number of rotatable bonds is 14. The van der Waals surface area contributed by atoms with Crippen molar-refractivity contribution in [3.05, 3.63) is 82.6 Å². The van der Waals surface area contributed by atoms with Crippen molar-refractivity contribution in [1.29, 1.82) is 0 Å². The summed E-state index contributed by atoms with van der Waals surface area (Å²) in [6.45, 7) is 4.98. The van der Waals surface area contributed by atoms with Crippen LogP contribution in [0.2, 0.25) is 0 Å². The Morgan fingerprint density at radius 3 is 1.94 bits per heavy atom. The van der Waals surface area contributed by atoms with Crippen LogP contribution >= 0.6 is 7.80 Å². The van der Waals surface area contributed by atoms with Gasteiger partial charge in [0.2, 0.25) is 0 Å². The molecule has 0 radical (unpaired) electrons. The van der Waals surface area contributed by atoms with Crippen LogP contribution in [-0.2, 0) is 50.8 Å². The maximum atomic E-state index is 13.3. The first-order valence-corrected chi connectivity index (χ1v) is 16.3. The molecule has 0 bridgehead atoms. The molecule has 0 spiro atoms. The monoisotopic (exact) mass is 704 g/mol. The smallest absolute Gasteiger partial charge is 0.438 e. The largest absolute Gasteiger partial charge is 0.465 e. The zero-order valence-corrected chi connectivity index (χ0v) is 27.6. The second kappa shape index (κ2) is 16.4. The van der Waals surface area contributed by atoms with Gasteiger partial charge in [-0.1, -0.05) is 34.9 Å². The molecule has 0 amide bonds. The zero-order chi connectivity index (χ0) is 35.9. The summed E-state index contributed by atoms with van der Waals surface area (Å²) < 4.78 is 111. The lowest BCUT2D eigenvalue weighted by molar-refractivity contribution is -0.143. The Morgan fingerprint density at radius 2 is 1.52 bits per heavy atom. The van der Waals surface area contributed by atoms with Gasteiger partial charge in [0.1, 0.15) is 6.66 Å². The molecule has 2 aliphatic rings. The Bertz CT molecular complexity index is 1450. The van der Waals surface area contributed by atoms with Crippen LogP contribution in [0.25, 0.3) is 0 Å². The van der Waals surface area contributed by atoms with E-state index in [1.807, 2.05) is 0 Å². The molecule has 10 nitrogen and oxygen atoms in total. The third-order valence-corrected chi connectivity index (χ3v) is 8.35. The Hall–Kier alpha value is -3.27. The van der Waals surface area contributed by atoms with E-state index in [-0.39, 0.29) is 43.8 Å². The van der Waals surface area contributed by atoms with Gasteiger partial charge in [-0.3, -0.25) is 10.0 Å². The van der Waals surface area contributed by atoms with Gasteiger partial charge in [0, 0.05) is 6.92 Å². The molecule has 2 heterocycles. The number of hydrogen-bond donors (Lipinski definition) is 3. The van der Waals surface area contributed by atoms with Crippen LogP contribution in [-0.4, -0.2) is 72.1 Å². The molecule has 0 aromatic heterocycles. The van der Waals surface area contributed by atoms with Crippen molar-refractivity contribution in [3.8, 4) is 0 Å². The first-order valence-electron chi connectivity index (χ1n) is 14.5. The summed E-state index contributed by atoms with van der Waals surface area (Å²) in [4.78, 5) is 23.3. The highest BCUT2D eigenvalue weighted by molar-refractivity contribution is 7.45. The minimum Gasteiger partial charge on any atom is -0.465 e. The van der Waals surface area contributed by atoms with Crippen LogP contribution in [0, 0.1) is 0 Å². The van der Waals surface area contributed by atoms with E-state index in [9.17, 15) is 40.5 Å². The number of nitrogens with one attached hydrogen (secondary N) is 3. The van der Waals surface area contributed by atoms with Crippen LogP contribution in [0.3, 0.4) is 0 Å². The van der Waals surface area contributed by atoms with E-state index in [0.29, 0.717) is 30.7 Å². The number of methoxy groups -OCH3 is 1. The Balaban J connectivity index is 0.000000437. The highest BCUT2D eigenvalue weighted by Gasteiger charge is 2.43. The minimum atomic E-state index is -4.97. The van der Waals surface area contributed by atoms with Gasteiger partial charge in [0.15, 0.2) is 5.78 Å².